The standard InChI is InChI=1S/C16H18FNO/c1-11-6-8-12(9-7-11)10-14(18)16-13(17)4-3-5-15(16)19-2/h3-9,14H,10,18H2,1-2H3. The zero-order valence-corrected chi connectivity index (χ0v) is 11.2. The van der Waals surface area contributed by atoms with Crippen molar-refractivity contribution >= 4 is 0 Å². The van der Waals surface area contributed by atoms with E-state index in [2.05, 4.69) is 0 Å². The highest BCUT2D eigenvalue weighted by atomic mass is 19.1. The zero-order chi connectivity index (χ0) is 13.8. The minimum absolute atomic E-state index is 0.320. The first-order chi connectivity index (χ1) is 9.11. The van der Waals surface area contributed by atoms with Gasteiger partial charge in [-0.15, -0.1) is 0 Å². The molecule has 2 aromatic carbocycles. The first-order valence-electron chi connectivity index (χ1n) is 6.25. The first-order valence-corrected chi connectivity index (χ1v) is 6.25. The van der Waals surface area contributed by atoms with E-state index in [1.165, 1.54) is 18.7 Å². The molecule has 0 heterocycles. The average molecular weight is 259 g/mol. The van der Waals surface area contributed by atoms with E-state index in [0.717, 1.165) is 5.56 Å². The summed E-state index contributed by atoms with van der Waals surface area (Å²) in [6.45, 7) is 2.03. The quantitative estimate of drug-likeness (QED) is 0.913. The van der Waals surface area contributed by atoms with Crippen molar-refractivity contribution in [2.24, 2.45) is 5.73 Å². The van der Waals surface area contributed by atoms with Gasteiger partial charge in [-0.25, -0.2) is 4.39 Å². The van der Waals surface area contributed by atoms with Gasteiger partial charge in [-0.2, -0.15) is 0 Å². The molecule has 0 bridgehead atoms. The van der Waals surface area contributed by atoms with Crippen LogP contribution in [0, 0.1) is 12.7 Å². The molecule has 0 aliphatic carbocycles. The van der Waals surface area contributed by atoms with Crippen molar-refractivity contribution < 1.29 is 9.13 Å². The average Bonchev–Trinajstić information content (AvgIpc) is 2.40. The predicted octanol–water partition coefficient (Wildman–Crippen LogP) is 3.39. The van der Waals surface area contributed by atoms with E-state index in [9.17, 15) is 4.39 Å². The van der Waals surface area contributed by atoms with Crippen LogP contribution in [-0.4, -0.2) is 7.11 Å². The van der Waals surface area contributed by atoms with Gasteiger partial charge in [0.05, 0.1) is 7.11 Å². The molecule has 3 heteroatoms. The Kier molecular flexibility index (Phi) is 4.17. The summed E-state index contributed by atoms with van der Waals surface area (Å²) in [5.74, 6) is 0.179. The van der Waals surface area contributed by atoms with Gasteiger partial charge in [-0.05, 0) is 31.0 Å². The van der Waals surface area contributed by atoms with Crippen LogP contribution in [0.2, 0.25) is 0 Å². The number of aryl methyl sites for hydroxylation is 1. The van der Waals surface area contributed by atoms with Gasteiger partial charge in [0.15, 0.2) is 0 Å². The van der Waals surface area contributed by atoms with Gasteiger partial charge in [-0.1, -0.05) is 35.9 Å². The Labute approximate surface area is 113 Å². The van der Waals surface area contributed by atoms with Gasteiger partial charge >= 0.3 is 0 Å². The van der Waals surface area contributed by atoms with Crippen LogP contribution in [-0.2, 0) is 6.42 Å². The highest BCUT2D eigenvalue weighted by Gasteiger charge is 2.17. The number of hydrogen-bond acceptors (Lipinski definition) is 2. The molecule has 0 radical (unpaired) electrons. The van der Waals surface area contributed by atoms with E-state index in [4.69, 9.17) is 10.5 Å². The lowest BCUT2D eigenvalue weighted by Crippen LogP contribution is -2.16. The highest BCUT2D eigenvalue weighted by molar-refractivity contribution is 5.38. The van der Waals surface area contributed by atoms with E-state index in [0.29, 0.717) is 17.7 Å². The maximum absolute atomic E-state index is 13.9. The molecule has 0 amide bonds. The summed E-state index contributed by atoms with van der Waals surface area (Å²) in [4.78, 5) is 0. The summed E-state index contributed by atoms with van der Waals surface area (Å²) >= 11 is 0. The molecule has 2 nitrogen and oxygen atoms in total. The number of halogens is 1. The van der Waals surface area contributed by atoms with Crippen LogP contribution in [0.1, 0.15) is 22.7 Å². The van der Waals surface area contributed by atoms with Gasteiger partial charge < -0.3 is 10.5 Å². The number of rotatable bonds is 4. The van der Waals surface area contributed by atoms with Crippen molar-refractivity contribution in [3.8, 4) is 5.75 Å². The molecule has 0 saturated heterocycles. The van der Waals surface area contributed by atoms with Crippen molar-refractivity contribution in [2.75, 3.05) is 7.11 Å². The molecule has 0 aromatic heterocycles. The largest absolute Gasteiger partial charge is 0.496 e. The monoisotopic (exact) mass is 259 g/mol. The third-order valence-electron chi connectivity index (χ3n) is 3.18. The third kappa shape index (κ3) is 3.12. The fourth-order valence-corrected chi connectivity index (χ4v) is 2.14. The lowest BCUT2D eigenvalue weighted by atomic mass is 9.98. The van der Waals surface area contributed by atoms with E-state index in [1.54, 1.807) is 12.1 Å². The Morgan fingerprint density at radius 2 is 1.84 bits per heavy atom. The summed E-state index contributed by atoms with van der Waals surface area (Å²) < 4.78 is 19.1. The van der Waals surface area contributed by atoms with Crippen LogP contribution < -0.4 is 10.5 Å². The lowest BCUT2D eigenvalue weighted by Gasteiger charge is -2.16. The molecule has 0 aliphatic heterocycles. The van der Waals surface area contributed by atoms with Crippen LogP contribution >= 0.6 is 0 Å². The van der Waals surface area contributed by atoms with Gasteiger partial charge in [0, 0.05) is 11.6 Å². The van der Waals surface area contributed by atoms with Crippen LogP contribution in [0.5, 0.6) is 5.75 Å². The van der Waals surface area contributed by atoms with Gasteiger partial charge in [0.2, 0.25) is 0 Å². The summed E-state index contributed by atoms with van der Waals surface area (Å²) in [7, 11) is 1.52. The van der Waals surface area contributed by atoms with E-state index in [1.807, 2.05) is 31.2 Å². The van der Waals surface area contributed by atoms with Crippen LogP contribution in [0.4, 0.5) is 4.39 Å². The number of hydrogen-bond donors (Lipinski definition) is 1. The predicted molar refractivity (Wildman–Crippen MR) is 74.8 cm³/mol. The lowest BCUT2D eigenvalue weighted by molar-refractivity contribution is 0.399. The molecule has 0 aliphatic rings. The SMILES string of the molecule is COc1cccc(F)c1C(N)Cc1ccc(C)cc1. The molecule has 19 heavy (non-hydrogen) atoms. The third-order valence-corrected chi connectivity index (χ3v) is 3.18. The smallest absolute Gasteiger partial charge is 0.131 e. The van der Waals surface area contributed by atoms with Crippen molar-refractivity contribution in [2.45, 2.75) is 19.4 Å². The van der Waals surface area contributed by atoms with E-state index < -0.39 is 6.04 Å². The van der Waals surface area contributed by atoms with E-state index >= 15 is 0 Å². The molecule has 0 saturated carbocycles. The summed E-state index contributed by atoms with van der Waals surface area (Å²) in [6, 6.07) is 12.4. The second kappa shape index (κ2) is 5.85. The second-order valence-electron chi connectivity index (χ2n) is 4.65. The minimum Gasteiger partial charge on any atom is -0.496 e. The van der Waals surface area contributed by atoms with Crippen molar-refractivity contribution in [1.29, 1.82) is 0 Å². The van der Waals surface area contributed by atoms with Crippen LogP contribution in [0.3, 0.4) is 0 Å². The molecule has 2 aromatic rings. The van der Waals surface area contributed by atoms with E-state index in [-0.39, 0.29) is 5.82 Å². The fourth-order valence-electron chi connectivity index (χ4n) is 2.14. The topological polar surface area (TPSA) is 35.2 Å². The van der Waals surface area contributed by atoms with Gasteiger partial charge in [-0.3, -0.25) is 0 Å². The Morgan fingerprint density at radius 3 is 2.47 bits per heavy atom. The molecule has 0 fully saturated rings. The van der Waals surface area contributed by atoms with Gasteiger partial charge in [0.1, 0.15) is 11.6 Å². The Morgan fingerprint density at radius 1 is 1.16 bits per heavy atom. The summed E-state index contributed by atoms with van der Waals surface area (Å²) in [5, 5.41) is 0. The summed E-state index contributed by atoms with van der Waals surface area (Å²) in [6.07, 6.45) is 0.581. The minimum atomic E-state index is -0.418. The number of nitrogens with two attached hydrogens (primary N) is 1. The Bertz CT molecular complexity index is 551. The number of benzene rings is 2. The number of methoxy groups -OCH3 is 1. The Hall–Kier alpha value is -1.87. The number of ether oxygens (including phenoxy) is 1. The van der Waals surface area contributed by atoms with Crippen LogP contribution in [0.25, 0.3) is 0 Å². The van der Waals surface area contributed by atoms with Gasteiger partial charge in [0.25, 0.3) is 0 Å². The first kappa shape index (κ1) is 13.6. The second-order valence-corrected chi connectivity index (χ2v) is 4.65. The molecular formula is C16H18FNO. The molecule has 1 unspecified atom stereocenters. The maximum atomic E-state index is 13.9. The highest BCUT2D eigenvalue weighted by Crippen LogP contribution is 2.28. The van der Waals surface area contributed by atoms with Crippen molar-refractivity contribution in [3.05, 3.63) is 65.0 Å². The normalized spacial score (nSPS) is 12.2. The molecule has 0 spiro atoms. The Balaban J connectivity index is 2.24. The fraction of sp³-hybridized carbons (Fsp3) is 0.250. The van der Waals surface area contributed by atoms with Crippen molar-refractivity contribution in [3.63, 3.8) is 0 Å². The van der Waals surface area contributed by atoms with Crippen LogP contribution in [0.15, 0.2) is 42.5 Å². The molecular weight excluding hydrogens is 241 g/mol. The molecule has 2 N–H and O–H groups in total. The maximum Gasteiger partial charge on any atom is 0.131 e. The summed E-state index contributed by atoms with van der Waals surface area (Å²) in [5.41, 5.74) is 8.84. The zero-order valence-electron chi connectivity index (χ0n) is 11.2. The molecule has 2 rings (SSSR count). The van der Waals surface area contributed by atoms with Crippen molar-refractivity contribution in [1.82, 2.24) is 0 Å². The molecule has 100 valence electrons. The molecule has 1 atom stereocenters.